The molecule has 1 fully saturated rings. The number of hydrogen-bond donors (Lipinski definition) is 3. The average molecular weight is 403 g/mol. The van der Waals surface area contributed by atoms with Crippen LogP contribution in [0.15, 0.2) is 54.9 Å². The number of nitrogens with one attached hydrogen (secondary N) is 3. The van der Waals surface area contributed by atoms with Gasteiger partial charge in [0.15, 0.2) is 0 Å². The maximum atomic E-state index is 12.6. The Hall–Kier alpha value is -2.74. The minimum atomic E-state index is -4.35. The summed E-state index contributed by atoms with van der Waals surface area (Å²) in [5.41, 5.74) is 7.84. The van der Waals surface area contributed by atoms with Gasteiger partial charge in [0.1, 0.15) is 5.82 Å². The van der Waals surface area contributed by atoms with E-state index >= 15 is 0 Å². The fraction of sp³-hybridized carbons (Fsp3) is 0.381. The highest BCUT2D eigenvalue weighted by molar-refractivity contribution is 5.64. The first kappa shape index (κ1) is 19.6. The summed E-state index contributed by atoms with van der Waals surface area (Å²) in [7, 11) is 0. The molecule has 2 aromatic rings. The first-order valence-electron chi connectivity index (χ1n) is 9.83. The molecule has 0 saturated heterocycles. The van der Waals surface area contributed by atoms with Crippen molar-refractivity contribution in [1.29, 1.82) is 0 Å². The van der Waals surface area contributed by atoms with E-state index in [1.807, 2.05) is 24.4 Å². The molecular weight excluding hydrogens is 379 g/mol. The van der Waals surface area contributed by atoms with Crippen LogP contribution in [0.2, 0.25) is 0 Å². The van der Waals surface area contributed by atoms with Gasteiger partial charge in [-0.2, -0.15) is 13.2 Å². The zero-order chi connectivity index (χ0) is 20.3. The number of anilines is 1. The maximum absolute atomic E-state index is 12.6. The molecule has 0 radical (unpaired) electrons. The van der Waals surface area contributed by atoms with Gasteiger partial charge < -0.3 is 10.7 Å². The Morgan fingerprint density at radius 3 is 2.45 bits per heavy atom. The quantitative estimate of drug-likeness (QED) is 0.691. The van der Waals surface area contributed by atoms with Gasteiger partial charge in [-0.25, -0.2) is 4.98 Å². The Morgan fingerprint density at radius 1 is 1.03 bits per heavy atom. The molecule has 0 bridgehead atoms. The molecule has 4 rings (SSSR count). The minimum absolute atomic E-state index is 0.240. The number of hydrazine groups is 2. The first-order valence-corrected chi connectivity index (χ1v) is 9.83. The van der Waals surface area contributed by atoms with Crippen LogP contribution in [0.25, 0.3) is 5.70 Å². The molecule has 3 N–H and O–H groups in total. The fourth-order valence-electron chi connectivity index (χ4n) is 3.91. The standard InChI is InChI=1S/C21H24F3N5/c22-21(23,24)17-8-11-20(25-12-17)27-18-9-6-15(7-10-18)14-29-19(13-26-28-29)16-4-2-1-3-5-16/h1-5,8,11-13,15,18,26,28H,6-7,9-10,14H2,(H,25,27)/t15-,18-. The van der Waals surface area contributed by atoms with Crippen LogP contribution in [-0.4, -0.2) is 22.6 Å². The molecule has 29 heavy (non-hydrogen) atoms. The number of benzene rings is 1. The van der Waals surface area contributed by atoms with Gasteiger partial charge in [-0.15, -0.1) is 5.53 Å². The highest BCUT2D eigenvalue weighted by Gasteiger charge is 2.31. The highest BCUT2D eigenvalue weighted by atomic mass is 19.4. The molecule has 5 nitrogen and oxygen atoms in total. The van der Waals surface area contributed by atoms with E-state index in [4.69, 9.17) is 0 Å². The monoisotopic (exact) mass is 403 g/mol. The zero-order valence-electron chi connectivity index (χ0n) is 15.9. The maximum Gasteiger partial charge on any atom is 0.417 e. The lowest BCUT2D eigenvalue weighted by Gasteiger charge is -2.33. The predicted molar refractivity (Wildman–Crippen MR) is 106 cm³/mol. The molecule has 8 heteroatoms. The van der Waals surface area contributed by atoms with Crippen molar-refractivity contribution in [3.8, 4) is 0 Å². The molecule has 0 unspecified atom stereocenters. The lowest BCUT2D eigenvalue weighted by molar-refractivity contribution is -0.137. The molecule has 0 spiro atoms. The van der Waals surface area contributed by atoms with Crippen LogP contribution in [-0.2, 0) is 6.18 Å². The molecule has 1 saturated carbocycles. The van der Waals surface area contributed by atoms with Gasteiger partial charge in [-0.05, 0) is 43.7 Å². The second-order valence-corrected chi connectivity index (χ2v) is 7.55. The van der Waals surface area contributed by atoms with E-state index in [-0.39, 0.29) is 6.04 Å². The fourth-order valence-corrected chi connectivity index (χ4v) is 3.91. The van der Waals surface area contributed by atoms with Gasteiger partial charge in [-0.3, -0.25) is 5.01 Å². The van der Waals surface area contributed by atoms with Crippen LogP contribution in [0.5, 0.6) is 0 Å². The second kappa shape index (κ2) is 8.32. The topological polar surface area (TPSA) is 52.2 Å². The van der Waals surface area contributed by atoms with Crippen LogP contribution in [0.3, 0.4) is 0 Å². The van der Waals surface area contributed by atoms with Crippen LogP contribution in [0.1, 0.15) is 36.8 Å². The van der Waals surface area contributed by atoms with Crippen molar-refractivity contribution >= 4 is 11.5 Å². The third-order valence-electron chi connectivity index (χ3n) is 5.50. The Bertz CT molecular complexity index is 828. The van der Waals surface area contributed by atoms with Crippen LogP contribution >= 0.6 is 0 Å². The highest BCUT2D eigenvalue weighted by Crippen LogP contribution is 2.31. The molecular formula is C21H24F3N5. The van der Waals surface area contributed by atoms with Crippen LogP contribution in [0.4, 0.5) is 19.0 Å². The van der Waals surface area contributed by atoms with Crippen molar-refractivity contribution in [3.63, 3.8) is 0 Å². The van der Waals surface area contributed by atoms with E-state index in [0.29, 0.717) is 11.7 Å². The summed E-state index contributed by atoms with van der Waals surface area (Å²) in [5, 5.41) is 5.42. The Balaban J connectivity index is 1.27. The molecule has 0 atom stereocenters. The van der Waals surface area contributed by atoms with Crippen molar-refractivity contribution in [2.75, 3.05) is 11.9 Å². The molecule has 0 amide bonds. The Labute approximate surface area is 168 Å². The van der Waals surface area contributed by atoms with Gasteiger partial charge in [0, 0.05) is 30.5 Å². The number of pyridine rings is 1. The van der Waals surface area contributed by atoms with E-state index < -0.39 is 11.7 Å². The smallest absolute Gasteiger partial charge is 0.367 e. The van der Waals surface area contributed by atoms with Gasteiger partial charge in [-0.1, -0.05) is 30.3 Å². The predicted octanol–water partition coefficient (Wildman–Crippen LogP) is 4.39. The number of aromatic nitrogens is 1. The lowest BCUT2D eigenvalue weighted by Crippen LogP contribution is -2.41. The van der Waals surface area contributed by atoms with Crippen molar-refractivity contribution < 1.29 is 13.2 Å². The van der Waals surface area contributed by atoms with E-state index in [0.717, 1.165) is 55.8 Å². The Kier molecular flexibility index (Phi) is 5.62. The number of hydrogen-bond acceptors (Lipinski definition) is 5. The zero-order valence-corrected chi connectivity index (χ0v) is 15.9. The van der Waals surface area contributed by atoms with Crippen molar-refractivity contribution in [1.82, 2.24) is 21.0 Å². The number of nitrogens with zero attached hydrogens (tertiary/aromatic N) is 2. The molecule has 154 valence electrons. The van der Waals surface area contributed by atoms with E-state index in [2.05, 4.69) is 38.4 Å². The van der Waals surface area contributed by atoms with Crippen LogP contribution in [0, 0.1) is 5.92 Å². The summed E-state index contributed by atoms with van der Waals surface area (Å²) in [6.07, 6.45) is 2.56. The Morgan fingerprint density at radius 2 is 1.79 bits per heavy atom. The van der Waals surface area contributed by atoms with Gasteiger partial charge in [0.2, 0.25) is 0 Å². The number of halogens is 3. The summed E-state index contributed by atoms with van der Waals surface area (Å²) < 4.78 is 37.9. The van der Waals surface area contributed by atoms with Gasteiger partial charge in [0.05, 0.1) is 11.3 Å². The van der Waals surface area contributed by atoms with Crippen LogP contribution < -0.4 is 16.3 Å². The largest absolute Gasteiger partial charge is 0.417 e. The molecule has 1 aliphatic heterocycles. The summed E-state index contributed by atoms with van der Waals surface area (Å²) in [4.78, 5) is 3.92. The third-order valence-corrected chi connectivity index (χ3v) is 5.50. The van der Waals surface area contributed by atoms with Crippen molar-refractivity contribution in [2.45, 2.75) is 37.9 Å². The minimum Gasteiger partial charge on any atom is -0.367 e. The average Bonchev–Trinajstić information content (AvgIpc) is 3.18. The van der Waals surface area contributed by atoms with Gasteiger partial charge >= 0.3 is 6.18 Å². The summed E-state index contributed by atoms with van der Waals surface area (Å²) >= 11 is 0. The first-order chi connectivity index (χ1) is 14.0. The molecule has 2 heterocycles. The molecule has 1 aromatic heterocycles. The van der Waals surface area contributed by atoms with Crippen molar-refractivity contribution in [3.05, 3.63) is 66.0 Å². The second-order valence-electron chi connectivity index (χ2n) is 7.55. The molecule has 1 aromatic carbocycles. The summed E-state index contributed by atoms with van der Waals surface area (Å²) in [6.45, 7) is 0.902. The van der Waals surface area contributed by atoms with Gasteiger partial charge in [0.25, 0.3) is 0 Å². The number of alkyl halides is 3. The number of rotatable bonds is 5. The van der Waals surface area contributed by atoms with E-state index in [9.17, 15) is 13.2 Å². The summed E-state index contributed by atoms with van der Waals surface area (Å²) in [5.74, 6) is 1.05. The SMILES string of the molecule is FC(F)(F)c1ccc(N[C@H]2CC[C@H](CN3NNC=C3c3ccccc3)CC2)nc1. The van der Waals surface area contributed by atoms with Crippen molar-refractivity contribution in [2.24, 2.45) is 5.92 Å². The molecule has 2 aliphatic rings. The molecule has 1 aliphatic carbocycles. The van der Waals surface area contributed by atoms with E-state index in [1.54, 1.807) is 0 Å². The third kappa shape index (κ3) is 4.82. The normalized spacial score (nSPS) is 22.2. The van der Waals surface area contributed by atoms with E-state index in [1.165, 1.54) is 6.07 Å². The lowest BCUT2D eigenvalue weighted by atomic mass is 9.85. The summed E-state index contributed by atoms with van der Waals surface area (Å²) in [6, 6.07) is 13.0.